The van der Waals surface area contributed by atoms with Gasteiger partial charge in [-0.25, -0.2) is 4.79 Å². The minimum atomic E-state index is -1.14. The van der Waals surface area contributed by atoms with Crippen LogP contribution in [0.15, 0.2) is 24.3 Å². The summed E-state index contributed by atoms with van der Waals surface area (Å²) >= 11 is 0. The Morgan fingerprint density at radius 1 is 1.22 bits per heavy atom. The van der Waals surface area contributed by atoms with Gasteiger partial charge in [0.2, 0.25) is 5.91 Å². The third kappa shape index (κ3) is 3.57. The predicted octanol–water partition coefficient (Wildman–Crippen LogP) is 2.98. The average molecular weight is 371 g/mol. The number of piperidine rings is 1. The molecule has 0 radical (unpaired) electrons. The summed E-state index contributed by atoms with van der Waals surface area (Å²) in [4.78, 5) is 41.0. The molecule has 2 fully saturated rings. The van der Waals surface area contributed by atoms with Gasteiger partial charge in [0.05, 0.1) is 0 Å². The van der Waals surface area contributed by atoms with E-state index in [0.717, 1.165) is 29.7 Å². The molecule has 0 bridgehead atoms. The van der Waals surface area contributed by atoms with E-state index in [2.05, 4.69) is 19.2 Å². The number of amides is 4. The minimum absolute atomic E-state index is 0.155. The van der Waals surface area contributed by atoms with Gasteiger partial charge in [-0.1, -0.05) is 38.1 Å². The van der Waals surface area contributed by atoms with Gasteiger partial charge in [-0.05, 0) is 50.2 Å². The fraction of sp³-hybridized carbons (Fsp3) is 0.571. The lowest BCUT2D eigenvalue weighted by Crippen LogP contribution is -2.48. The Balaban J connectivity index is 1.76. The van der Waals surface area contributed by atoms with E-state index in [-0.39, 0.29) is 24.4 Å². The maximum atomic E-state index is 13.0. The number of urea groups is 1. The van der Waals surface area contributed by atoms with Crippen LogP contribution >= 0.6 is 0 Å². The van der Waals surface area contributed by atoms with Crippen LogP contribution in [-0.2, 0) is 15.1 Å². The van der Waals surface area contributed by atoms with Crippen LogP contribution in [0.3, 0.4) is 0 Å². The summed E-state index contributed by atoms with van der Waals surface area (Å²) in [6.45, 7) is 8.42. The van der Waals surface area contributed by atoms with Gasteiger partial charge in [0, 0.05) is 12.6 Å². The van der Waals surface area contributed by atoms with E-state index in [1.165, 1.54) is 5.56 Å². The molecular weight excluding hydrogens is 342 g/mol. The van der Waals surface area contributed by atoms with Crippen LogP contribution in [0.2, 0.25) is 0 Å². The zero-order valence-corrected chi connectivity index (χ0v) is 16.6. The largest absolute Gasteiger partial charge is 0.338 e. The summed E-state index contributed by atoms with van der Waals surface area (Å²) in [6.07, 6.45) is 3.04. The summed E-state index contributed by atoms with van der Waals surface area (Å²) < 4.78 is 0. The highest BCUT2D eigenvalue weighted by molar-refractivity contribution is 6.09. The number of likely N-dealkylation sites (tertiary alicyclic amines) is 1. The molecule has 2 saturated heterocycles. The van der Waals surface area contributed by atoms with Gasteiger partial charge < -0.3 is 10.2 Å². The molecular formula is C21H29N3O3. The smallest absolute Gasteiger partial charge is 0.325 e. The topological polar surface area (TPSA) is 69.7 Å². The molecule has 146 valence electrons. The Morgan fingerprint density at radius 3 is 2.48 bits per heavy atom. The first kappa shape index (κ1) is 19.4. The maximum absolute atomic E-state index is 13.0. The molecule has 0 spiro atoms. The lowest BCUT2D eigenvalue weighted by molar-refractivity contribution is -0.140. The predicted molar refractivity (Wildman–Crippen MR) is 103 cm³/mol. The summed E-state index contributed by atoms with van der Waals surface area (Å²) in [5.74, 6) is -0.144. The third-order valence-corrected chi connectivity index (χ3v) is 5.85. The van der Waals surface area contributed by atoms with E-state index in [0.29, 0.717) is 12.5 Å². The van der Waals surface area contributed by atoms with Gasteiger partial charge in [-0.3, -0.25) is 14.5 Å². The zero-order chi connectivity index (χ0) is 19.8. The summed E-state index contributed by atoms with van der Waals surface area (Å²) in [7, 11) is 0. The second kappa shape index (κ2) is 7.33. The zero-order valence-electron chi connectivity index (χ0n) is 16.6. The van der Waals surface area contributed by atoms with Crippen molar-refractivity contribution in [2.45, 2.75) is 64.5 Å². The standard InChI is InChI=1S/C21H29N3O3/c1-14(2)16-8-10-17(11-9-16)21(4)19(26)24(20(27)22-21)13-18(25)23-12-6-5-7-15(23)3/h8-11,14-15H,5-7,12-13H2,1-4H3,(H,22,27). The van der Waals surface area contributed by atoms with Crippen LogP contribution in [0.5, 0.6) is 0 Å². The molecule has 0 saturated carbocycles. The van der Waals surface area contributed by atoms with Crippen molar-refractivity contribution in [3.05, 3.63) is 35.4 Å². The van der Waals surface area contributed by atoms with E-state index in [4.69, 9.17) is 0 Å². The first-order valence-electron chi connectivity index (χ1n) is 9.78. The number of carbonyl (C=O) groups is 3. The number of hydrogen-bond acceptors (Lipinski definition) is 3. The quantitative estimate of drug-likeness (QED) is 0.827. The third-order valence-electron chi connectivity index (χ3n) is 5.85. The van der Waals surface area contributed by atoms with E-state index >= 15 is 0 Å². The molecule has 6 heteroatoms. The van der Waals surface area contributed by atoms with Crippen LogP contribution in [0.4, 0.5) is 4.79 Å². The van der Waals surface area contributed by atoms with Crippen molar-refractivity contribution < 1.29 is 14.4 Å². The number of nitrogens with zero attached hydrogens (tertiary/aromatic N) is 2. The average Bonchev–Trinajstić information content (AvgIpc) is 2.86. The number of carbonyl (C=O) groups excluding carboxylic acids is 3. The van der Waals surface area contributed by atoms with E-state index < -0.39 is 11.6 Å². The lowest BCUT2D eigenvalue weighted by atomic mass is 9.90. The molecule has 1 aromatic rings. The fourth-order valence-electron chi connectivity index (χ4n) is 3.93. The normalized spacial score (nSPS) is 25.9. The first-order chi connectivity index (χ1) is 12.7. The molecule has 1 aromatic carbocycles. The van der Waals surface area contributed by atoms with Crippen molar-refractivity contribution >= 4 is 17.8 Å². The molecule has 2 atom stereocenters. The Labute approximate surface area is 160 Å². The van der Waals surface area contributed by atoms with Gasteiger partial charge in [-0.2, -0.15) is 0 Å². The molecule has 6 nitrogen and oxygen atoms in total. The second-order valence-electron chi connectivity index (χ2n) is 8.16. The lowest BCUT2D eigenvalue weighted by Gasteiger charge is -2.34. The van der Waals surface area contributed by atoms with Crippen molar-refractivity contribution in [2.75, 3.05) is 13.1 Å². The van der Waals surface area contributed by atoms with Crippen molar-refractivity contribution in [1.29, 1.82) is 0 Å². The van der Waals surface area contributed by atoms with Crippen molar-refractivity contribution in [3.8, 4) is 0 Å². The number of benzene rings is 1. The Hall–Kier alpha value is -2.37. The van der Waals surface area contributed by atoms with Crippen LogP contribution in [0.1, 0.15) is 64.0 Å². The molecule has 2 aliphatic heterocycles. The Bertz CT molecular complexity index is 744. The molecule has 4 amide bonds. The molecule has 0 aromatic heterocycles. The molecule has 3 rings (SSSR count). The Morgan fingerprint density at radius 2 is 1.89 bits per heavy atom. The van der Waals surface area contributed by atoms with Crippen molar-refractivity contribution in [3.63, 3.8) is 0 Å². The molecule has 27 heavy (non-hydrogen) atoms. The van der Waals surface area contributed by atoms with Gasteiger partial charge in [0.25, 0.3) is 5.91 Å². The molecule has 1 N–H and O–H groups in total. The second-order valence-corrected chi connectivity index (χ2v) is 8.16. The highest BCUT2D eigenvalue weighted by Crippen LogP contribution is 2.30. The maximum Gasteiger partial charge on any atom is 0.325 e. The van der Waals surface area contributed by atoms with E-state index in [1.54, 1.807) is 11.8 Å². The first-order valence-corrected chi connectivity index (χ1v) is 9.78. The molecule has 2 heterocycles. The minimum Gasteiger partial charge on any atom is -0.338 e. The number of rotatable bonds is 4. The molecule has 2 aliphatic rings. The van der Waals surface area contributed by atoms with Crippen LogP contribution < -0.4 is 5.32 Å². The van der Waals surface area contributed by atoms with Gasteiger partial charge >= 0.3 is 6.03 Å². The van der Waals surface area contributed by atoms with E-state index in [1.807, 2.05) is 31.2 Å². The van der Waals surface area contributed by atoms with Crippen molar-refractivity contribution in [1.82, 2.24) is 15.1 Å². The summed E-state index contributed by atoms with van der Waals surface area (Å²) in [5, 5.41) is 2.78. The highest BCUT2D eigenvalue weighted by Gasteiger charge is 2.49. The molecule has 0 aliphatic carbocycles. The molecule has 2 unspecified atom stereocenters. The van der Waals surface area contributed by atoms with Crippen molar-refractivity contribution in [2.24, 2.45) is 0 Å². The monoisotopic (exact) mass is 371 g/mol. The Kier molecular flexibility index (Phi) is 5.27. The fourth-order valence-corrected chi connectivity index (χ4v) is 3.93. The highest BCUT2D eigenvalue weighted by atomic mass is 16.2. The van der Waals surface area contributed by atoms with Gasteiger partial charge in [0.1, 0.15) is 12.1 Å². The summed E-state index contributed by atoms with van der Waals surface area (Å²) in [5.41, 5.74) is 0.761. The van der Waals surface area contributed by atoms with Crippen LogP contribution in [-0.4, -0.2) is 46.8 Å². The van der Waals surface area contributed by atoms with Crippen LogP contribution in [0, 0.1) is 0 Å². The summed E-state index contributed by atoms with van der Waals surface area (Å²) in [6, 6.07) is 7.37. The number of hydrogen-bond donors (Lipinski definition) is 1. The SMILES string of the molecule is CC(C)c1ccc(C2(C)NC(=O)N(CC(=O)N3CCCCC3C)C2=O)cc1. The number of nitrogens with one attached hydrogen (secondary N) is 1. The number of imide groups is 1. The van der Waals surface area contributed by atoms with E-state index in [9.17, 15) is 14.4 Å². The van der Waals surface area contributed by atoms with Gasteiger partial charge in [0.15, 0.2) is 0 Å². The van der Waals surface area contributed by atoms with Crippen LogP contribution in [0.25, 0.3) is 0 Å². The van der Waals surface area contributed by atoms with Gasteiger partial charge in [-0.15, -0.1) is 0 Å².